The summed E-state index contributed by atoms with van der Waals surface area (Å²) in [4.78, 5) is 0. The van der Waals surface area contributed by atoms with Crippen LogP contribution in [-0.2, 0) is 7.05 Å². The Morgan fingerprint density at radius 3 is 2.69 bits per heavy atom. The molecule has 6 heteroatoms. The standard InChI is InChI=1S/C10H13N5O/c1-12-10-14-13-9(15(10)2)6-3-4-7(11)8(16)5-6/h3-5,16H,11H2,1-2H3,(H,12,14). The van der Waals surface area contributed by atoms with E-state index in [9.17, 15) is 5.11 Å². The number of hydrogen-bond donors (Lipinski definition) is 3. The summed E-state index contributed by atoms with van der Waals surface area (Å²) in [6.45, 7) is 0. The lowest BCUT2D eigenvalue weighted by Gasteiger charge is -2.04. The Labute approximate surface area is 92.7 Å². The second-order valence-electron chi connectivity index (χ2n) is 3.43. The van der Waals surface area contributed by atoms with E-state index in [0.717, 1.165) is 5.56 Å². The van der Waals surface area contributed by atoms with E-state index in [1.165, 1.54) is 0 Å². The fourth-order valence-corrected chi connectivity index (χ4v) is 1.48. The second-order valence-corrected chi connectivity index (χ2v) is 3.43. The smallest absolute Gasteiger partial charge is 0.224 e. The van der Waals surface area contributed by atoms with Gasteiger partial charge in [0.2, 0.25) is 5.95 Å². The number of hydrogen-bond acceptors (Lipinski definition) is 5. The van der Waals surface area contributed by atoms with Gasteiger partial charge in [0.1, 0.15) is 5.75 Å². The molecule has 0 aliphatic rings. The molecule has 0 fully saturated rings. The van der Waals surface area contributed by atoms with Crippen LogP contribution in [0.1, 0.15) is 0 Å². The molecule has 84 valence electrons. The number of aromatic nitrogens is 3. The van der Waals surface area contributed by atoms with Crippen LogP contribution in [0.3, 0.4) is 0 Å². The quantitative estimate of drug-likeness (QED) is 0.514. The molecule has 6 nitrogen and oxygen atoms in total. The minimum atomic E-state index is 0.0477. The number of nitrogens with zero attached hydrogens (tertiary/aromatic N) is 3. The lowest BCUT2D eigenvalue weighted by atomic mass is 10.2. The Bertz CT molecular complexity index is 520. The molecule has 1 heterocycles. The van der Waals surface area contributed by atoms with Gasteiger partial charge in [-0.1, -0.05) is 0 Å². The number of rotatable bonds is 2. The molecule has 0 aliphatic carbocycles. The normalized spacial score (nSPS) is 10.4. The highest BCUT2D eigenvalue weighted by atomic mass is 16.3. The van der Waals surface area contributed by atoms with Crippen molar-refractivity contribution in [3.05, 3.63) is 18.2 Å². The molecule has 0 saturated carbocycles. The largest absolute Gasteiger partial charge is 0.506 e. The lowest BCUT2D eigenvalue weighted by Crippen LogP contribution is -1.99. The summed E-state index contributed by atoms with van der Waals surface area (Å²) in [5.74, 6) is 1.37. The Kier molecular flexibility index (Phi) is 2.40. The number of phenolic OH excluding ortho intramolecular Hbond substituents is 1. The number of phenols is 1. The van der Waals surface area contributed by atoms with E-state index >= 15 is 0 Å². The molecular weight excluding hydrogens is 206 g/mol. The summed E-state index contributed by atoms with van der Waals surface area (Å²) in [5.41, 5.74) is 6.64. The maximum atomic E-state index is 9.52. The van der Waals surface area contributed by atoms with E-state index < -0.39 is 0 Å². The average Bonchev–Trinajstić information content (AvgIpc) is 2.64. The number of aromatic hydroxyl groups is 1. The number of nitrogen functional groups attached to an aromatic ring is 1. The molecule has 1 aromatic heterocycles. The van der Waals surface area contributed by atoms with E-state index in [0.29, 0.717) is 17.5 Å². The van der Waals surface area contributed by atoms with Crippen molar-refractivity contribution in [3.63, 3.8) is 0 Å². The van der Waals surface area contributed by atoms with Crippen molar-refractivity contribution in [2.75, 3.05) is 18.1 Å². The predicted molar refractivity (Wildman–Crippen MR) is 62.1 cm³/mol. The zero-order chi connectivity index (χ0) is 11.7. The Hall–Kier alpha value is -2.24. The number of anilines is 2. The molecule has 0 unspecified atom stereocenters. The maximum Gasteiger partial charge on any atom is 0.224 e. The summed E-state index contributed by atoms with van der Waals surface area (Å²) in [6, 6.07) is 5.00. The topological polar surface area (TPSA) is 89.0 Å². The fourth-order valence-electron chi connectivity index (χ4n) is 1.48. The molecule has 4 N–H and O–H groups in total. The van der Waals surface area contributed by atoms with Gasteiger partial charge >= 0.3 is 0 Å². The third kappa shape index (κ3) is 1.54. The molecule has 0 atom stereocenters. The van der Waals surface area contributed by atoms with Crippen LogP contribution in [0.25, 0.3) is 11.4 Å². The molecular formula is C10H13N5O. The molecule has 16 heavy (non-hydrogen) atoms. The van der Waals surface area contributed by atoms with E-state index in [4.69, 9.17) is 5.73 Å². The number of nitrogens with two attached hydrogens (primary N) is 1. The molecule has 1 aromatic carbocycles. The third-order valence-corrected chi connectivity index (χ3v) is 2.39. The second kappa shape index (κ2) is 3.73. The van der Waals surface area contributed by atoms with Gasteiger partial charge in [0.05, 0.1) is 5.69 Å². The summed E-state index contributed by atoms with van der Waals surface area (Å²) >= 11 is 0. The van der Waals surface area contributed by atoms with Crippen LogP contribution >= 0.6 is 0 Å². The van der Waals surface area contributed by atoms with Gasteiger partial charge in [0, 0.05) is 19.7 Å². The summed E-state index contributed by atoms with van der Waals surface area (Å²) in [7, 11) is 3.61. The van der Waals surface area contributed by atoms with E-state index in [-0.39, 0.29) is 5.75 Å². The maximum absolute atomic E-state index is 9.52. The number of benzene rings is 1. The minimum absolute atomic E-state index is 0.0477. The van der Waals surface area contributed by atoms with Gasteiger partial charge in [0.15, 0.2) is 5.82 Å². The van der Waals surface area contributed by atoms with Crippen molar-refractivity contribution in [1.82, 2.24) is 14.8 Å². The van der Waals surface area contributed by atoms with Crippen LogP contribution in [0.5, 0.6) is 5.75 Å². The monoisotopic (exact) mass is 219 g/mol. The predicted octanol–water partition coefficient (Wildman–Crippen LogP) is 0.812. The van der Waals surface area contributed by atoms with Gasteiger partial charge in [0.25, 0.3) is 0 Å². The Morgan fingerprint density at radius 1 is 1.38 bits per heavy atom. The van der Waals surface area contributed by atoms with Gasteiger partial charge in [-0.05, 0) is 18.2 Å². The first-order valence-electron chi connectivity index (χ1n) is 4.79. The average molecular weight is 219 g/mol. The molecule has 0 amide bonds. The van der Waals surface area contributed by atoms with E-state index in [1.54, 1.807) is 29.8 Å². The molecule has 0 bridgehead atoms. The Balaban J connectivity index is 2.50. The molecule has 0 spiro atoms. The highest BCUT2D eigenvalue weighted by Gasteiger charge is 2.10. The summed E-state index contributed by atoms with van der Waals surface area (Å²) in [6.07, 6.45) is 0. The molecule has 0 aliphatic heterocycles. The lowest BCUT2D eigenvalue weighted by molar-refractivity contribution is 0.478. The van der Waals surface area contributed by atoms with Crippen LogP contribution in [0.4, 0.5) is 11.6 Å². The number of nitrogens with one attached hydrogen (secondary N) is 1. The third-order valence-electron chi connectivity index (χ3n) is 2.39. The zero-order valence-corrected chi connectivity index (χ0v) is 9.10. The van der Waals surface area contributed by atoms with Crippen molar-refractivity contribution >= 4 is 11.6 Å². The van der Waals surface area contributed by atoms with Crippen molar-refractivity contribution < 1.29 is 5.11 Å². The van der Waals surface area contributed by atoms with Gasteiger partial charge in [-0.2, -0.15) is 0 Å². The van der Waals surface area contributed by atoms with Crippen LogP contribution in [0.15, 0.2) is 18.2 Å². The first kappa shape index (κ1) is 10.3. The Morgan fingerprint density at radius 2 is 2.12 bits per heavy atom. The molecule has 0 saturated heterocycles. The highest BCUT2D eigenvalue weighted by molar-refractivity contribution is 5.65. The van der Waals surface area contributed by atoms with E-state index in [1.807, 2.05) is 7.05 Å². The van der Waals surface area contributed by atoms with Crippen molar-refractivity contribution in [3.8, 4) is 17.1 Å². The van der Waals surface area contributed by atoms with Crippen LogP contribution < -0.4 is 11.1 Å². The minimum Gasteiger partial charge on any atom is -0.506 e. The fraction of sp³-hybridized carbons (Fsp3) is 0.200. The van der Waals surface area contributed by atoms with Gasteiger partial charge < -0.3 is 16.2 Å². The zero-order valence-electron chi connectivity index (χ0n) is 9.10. The first-order valence-corrected chi connectivity index (χ1v) is 4.79. The molecule has 2 rings (SSSR count). The van der Waals surface area contributed by atoms with Crippen molar-refractivity contribution in [1.29, 1.82) is 0 Å². The van der Waals surface area contributed by atoms with Gasteiger partial charge in [-0.3, -0.25) is 4.57 Å². The summed E-state index contributed by atoms with van der Waals surface area (Å²) in [5, 5.41) is 20.4. The molecule has 2 aromatic rings. The van der Waals surface area contributed by atoms with Crippen LogP contribution in [-0.4, -0.2) is 26.9 Å². The van der Waals surface area contributed by atoms with Crippen LogP contribution in [0.2, 0.25) is 0 Å². The van der Waals surface area contributed by atoms with Gasteiger partial charge in [-0.15, -0.1) is 10.2 Å². The van der Waals surface area contributed by atoms with Crippen molar-refractivity contribution in [2.24, 2.45) is 7.05 Å². The molecule has 0 radical (unpaired) electrons. The van der Waals surface area contributed by atoms with E-state index in [2.05, 4.69) is 15.5 Å². The first-order chi connectivity index (χ1) is 7.63. The van der Waals surface area contributed by atoms with Gasteiger partial charge in [-0.25, -0.2) is 0 Å². The van der Waals surface area contributed by atoms with Crippen molar-refractivity contribution in [2.45, 2.75) is 0 Å². The highest BCUT2D eigenvalue weighted by Crippen LogP contribution is 2.27. The SMILES string of the molecule is CNc1nnc(-c2ccc(N)c(O)c2)n1C. The summed E-state index contributed by atoms with van der Waals surface area (Å²) < 4.78 is 1.80. The van der Waals surface area contributed by atoms with Crippen LogP contribution in [0, 0.1) is 0 Å².